The first-order valence-electron chi connectivity index (χ1n) is 10.7. The first-order chi connectivity index (χ1) is 15.1. The fraction of sp³-hybridized carbons (Fsp3) is 0.179. The van der Waals surface area contributed by atoms with Gasteiger partial charge in [0.05, 0.1) is 17.3 Å². The van der Waals surface area contributed by atoms with Crippen molar-refractivity contribution in [1.82, 2.24) is 4.98 Å². The Hall–Kier alpha value is -2.94. The summed E-state index contributed by atoms with van der Waals surface area (Å²) in [6.07, 6.45) is 6.73. The number of aryl methyl sites for hydroxylation is 2. The molecule has 0 saturated carbocycles. The molecule has 3 aromatic carbocycles. The third-order valence-corrected chi connectivity index (χ3v) is 5.73. The van der Waals surface area contributed by atoms with Gasteiger partial charge in [0.25, 0.3) is 0 Å². The van der Waals surface area contributed by atoms with Crippen LogP contribution in [0.4, 0.5) is 0 Å². The fourth-order valence-electron chi connectivity index (χ4n) is 3.89. The van der Waals surface area contributed by atoms with Crippen molar-refractivity contribution < 1.29 is 5.11 Å². The minimum atomic E-state index is -0.426. The average Bonchev–Trinajstić information content (AvgIpc) is 2.78. The minimum absolute atomic E-state index is 0.426. The molecule has 1 heterocycles. The van der Waals surface area contributed by atoms with E-state index in [0.29, 0.717) is 5.02 Å². The summed E-state index contributed by atoms with van der Waals surface area (Å²) in [6.45, 7) is 1.83. The van der Waals surface area contributed by atoms with Gasteiger partial charge < -0.3 is 5.11 Å². The molecular weight excluding hydrogens is 402 g/mol. The number of rotatable bonds is 7. The normalized spacial score (nSPS) is 12.5. The lowest BCUT2D eigenvalue weighted by molar-refractivity contribution is 0.198. The van der Waals surface area contributed by atoms with Crippen molar-refractivity contribution in [2.24, 2.45) is 0 Å². The fourth-order valence-corrected chi connectivity index (χ4v) is 4.05. The molecule has 0 aliphatic rings. The largest absolute Gasteiger partial charge is 0.389 e. The van der Waals surface area contributed by atoms with Crippen molar-refractivity contribution in [2.75, 3.05) is 0 Å². The van der Waals surface area contributed by atoms with E-state index >= 15 is 0 Å². The molecule has 0 amide bonds. The molecule has 4 rings (SSSR count). The third kappa shape index (κ3) is 5.61. The molecule has 0 aliphatic carbocycles. The average molecular weight is 428 g/mol. The van der Waals surface area contributed by atoms with Gasteiger partial charge in [0, 0.05) is 10.4 Å². The van der Waals surface area contributed by atoms with Gasteiger partial charge in [0.1, 0.15) is 0 Å². The monoisotopic (exact) mass is 427 g/mol. The number of aromatic nitrogens is 1. The highest BCUT2D eigenvalue weighted by molar-refractivity contribution is 6.31. The smallest absolute Gasteiger partial charge is 0.0764 e. The van der Waals surface area contributed by atoms with Crippen molar-refractivity contribution in [1.29, 1.82) is 0 Å². The Morgan fingerprint density at radius 1 is 0.903 bits per heavy atom. The number of hydrogen-bond donors (Lipinski definition) is 1. The van der Waals surface area contributed by atoms with Crippen LogP contribution in [0.2, 0.25) is 5.02 Å². The van der Waals surface area contributed by atoms with Gasteiger partial charge in [0.15, 0.2) is 0 Å². The van der Waals surface area contributed by atoms with Gasteiger partial charge in [0.2, 0.25) is 0 Å². The number of hydrogen-bond acceptors (Lipinski definition) is 2. The number of nitrogens with zero attached hydrogens (tertiary/aromatic N) is 1. The molecule has 0 bridgehead atoms. The van der Waals surface area contributed by atoms with Crippen molar-refractivity contribution in [2.45, 2.75) is 32.3 Å². The van der Waals surface area contributed by atoms with Crippen molar-refractivity contribution in [3.8, 4) is 0 Å². The molecule has 0 radical (unpaired) electrons. The molecule has 1 aromatic heterocycles. The van der Waals surface area contributed by atoms with E-state index < -0.39 is 6.10 Å². The number of aliphatic hydroxyl groups is 1. The Bertz CT molecular complexity index is 1210. The first-order valence-corrected chi connectivity index (χ1v) is 11.1. The van der Waals surface area contributed by atoms with Crippen LogP contribution >= 0.6 is 11.6 Å². The van der Waals surface area contributed by atoms with Gasteiger partial charge in [-0.2, -0.15) is 0 Å². The van der Waals surface area contributed by atoms with E-state index in [0.717, 1.165) is 47.0 Å². The van der Waals surface area contributed by atoms with E-state index in [1.54, 1.807) is 0 Å². The summed E-state index contributed by atoms with van der Waals surface area (Å²) in [7, 11) is 0. The molecule has 0 saturated heterocycles. The van der Waals surface area contributed by atoms with Gasteiger partial charge in [-0.15, -0.1) is 0 Å². The molecule has 0 spiro atoms. The molecule has 4 aromatic rings. The van der Waals surface area contributed by atoms with Crippen LogP contribution in [0.15, 0.2) is 78.9 Å². The van der Waals surface area contributed by atoms with Crippen LogP contribution in [0.25, 0.3) is 23.1 Å². The lowest BCUT2D eigenvalue weighted by Crippen LogP contribution is -1.99. The highest BCUT2D eigenvalue weighted by Gasteiger charge is 2.07. The van der Waals surface area contributed by atoms with Gasteiger partial charge in [-0.25, -0.2) is 4.98 Å². The van der Waals surface area contributed by atoms with Crippen LogP contribution in [-0.4, -0.2) is 10.1 Å². The summed E-state index contributed by atoms with van der Waals surface area (Å²) in [6, 6.07) is 26.6. The highest BCUT2D eigenvalue weighted by Crippen LogP contribution is 2.21. The number of aliphatic hydroxyl groups excluding tert-OH is 1. The quantitative estimate of drug-likeness (QED) is 0.336. The molecule has 3 heteroatoms. The minimum Gasteiger partial charge on any atom is -0.389 e. The van der Waals surface area contributed by atoms with E-state index in [1.165, 1.54) is 11.1 Å². The van der Waals surface area contributed by atoms with Gasteiger partial charge in [-0.1, -0.05) is 78.3 Å². The Morgan fingerprint density at radius 3 is 2.61 bits per heavy atom. The second kappa shape index (κ2) is 9.91. The summed E-state index contributed by atoms with van der Waals surface area (Å²) < 4.78 is 0. The third-order valence-electron chi connectivity index (χ3n) is 5.49. The van der Waals surface area contributed by atoms with Crippen LogP contribution in [0, 0.1) is 0 Å². The van der Waals surface area contributed by atoms with E-state index in [1.807, 2.05) is 55.5 Å². The lowest BCUT2D eigenvalue weighted by Gasteiger charge is -2.11. The summed E-state index contributed by atoms with van der Waals surface area (Å²) in [5.41, 5.74) is 6.56. The van der Waals surface area contributed by atoms with Crippen LogP contribution in [0.3, 0.4) is 0 Å². The summed E-state index contributed by atoms with van der Waals surface area (Å²) >= 11 is 6.10. The SMILES string of the molecule is CC(O)c1ccccc1CCCc1cccc(/C=C/c2ccc3ccc(Cl)cc3n2)c1. The molecule has 1 unspecified atom stereocenters. The summed E-state index contributed by atoms with van der Waals surface area (Å²) in [5, 5.41) is 11.7. The second-order valence-electron chi connectivity index (χ2n) is 7.88. The van der Waals surface area contributed by atoms with Crippen LogP contribution in [0.1, 0.15) is 47.4 Å². The number of fused-ring (bicyclic) bond motifs is 1. The maximum atomic E-state index is 9.96. The predicted octanol–water partition coefficient (Wildman–Crippen LogP) is 7.29. The van der Waals surface area contributed by atoms with Gasteiger partial charge >= 0.3 is 0 Å². The van der Waals surface area contributed by atoms with Crippen LogP contribution in [-0.2, 0) is 12.8 Å². The zero-order valence-electron chi connectivity index (χ0n) is 17.6. The Kier molecular flexibility index (Phi) is 6.81. The molecule has 156 valence electrons. The number of halogens is 1. The van der Waals surface area contributed by atoms with E-state index in [4.69, 9.17) is 11.6 Å². The first kappa shape index (κ1) is 21.3. The Morgan fingerprint density at radius 2 is 1.74 bits per heavy atom. The lowest BCUT2D eigenvalue weighted by atomic mass is 9.97. The molecule has 0 fully saturated rings. The summed E-state index contributed by atoms with van der Waals surface area (Å²) in [5.74, 6) is 0. The van der Waals surface area contributed by atoms with E-state index in [2.05, 4.69) is 47.5 Å². The van der Waals surface area contributed by atoms with Crippen molar-refractivity contribution in [3.63, 3.8) is 0 Å². The Labute approximate surface area is 188 Å². The number of pyridine rings is 1. The maximum absolute atomic E-state index is 9.96. The predicted molar refractivity (Wildman–Crippen MR) is 131 cm³/mol. The van der Waals surface area contributed by atoms with Gasteiger partial charge in [-0.05, 0) is 72.7 Å². The Balaban J connectivity index is 1.41. The molecule has 31 heavy (non-hydrogen) atoms. The molecule has 1 atom stereocenters. The van der Waals surface area contributed by atoms with Gasteiger partial charge in [-0.3, -0.25) is 0 Å². The topological polar surface area (TPSA) is 33.1 Å². The standard InChI is InChI=1S/C28H26ClNO/c1-20(31)27-11-3-2-9-23(27)10-5-8-21-6-4-7-22(18-21)12-16-26-17-14-24-13-15-25(29)19-28(24)30-26/h2-4,6-7,9,11-20,31H,5,8,10H2,1H3/b16-12+. The highest BCUT2D eigenvalue weighted by atomic mass is 35.5. The molecule has 1 N–H and O–H groups in total. The second-order valence-corrected chi connectivity index (χ2v) is 8.32. The molecular formula is C28H26ClNO. The van der Waals surface area contributed by atoms with E-state index in [9.17, 15) is 5.11 Å². The van der Waals surface area contributed by atoms with Crippen molar-refractivity contribution in [3.05, 3.63) is 112 Å². The van der Waals surface area contributed by atoms with E-state index in [-0.39, 0.29) is 0 Å². The summed E-state index contributed by atoms with van der Waals surface area (Å²) in [4.78, 5) is 4.69. The molecule has 2 nitrogen and oxygen atoms in total. The number of benzene rings is 3. The van der Waals surface area contributed by atoms with Crippen LogP contribution < -0.4 is 0 Å². The molecule has 0 aliphatic heterocycles. The maximum Gasteiger partial charge on any atom is 0.0764 e. The zero-order chi connectivity index (χ0) is 21.6. The van der Waals surface area contributed by atoms with Crippen molar-refractivity contribution >= 4 is 34.7 Å². The zero-order valence-corrected chi connectivity index (χ0v) is 18.4. The van der Waals surface area contributed by atoms with Crippen LogP contribution in [0.5, 0.6) is 0 Å².